The van der Waals surface area contributed by atoms with E-state index in [-0.39, 0.29) is 38.3 Å². The molecule has 10 nitrogen and oxygen atoms in total. The highest BCUT2D eigenvalue weighted by molar-refractivity contribution is 5.67. The summed E-state index contributed by atoms with van der Waals surface area (Å²) >= 11 is 0. The number of unbranched alkanes of at least 4 members (excludes halogenated alkanes) is 1. The van der Waals surface area contributed by atoms with Gasteiger partial charge in [-0.05, 0) is 53.4 Å². The van der Waals surface area contributed by atoms with Crippen molar-refractivity contribution in [2.75, 3.05) is 13.2 Å². The van der Waals surface area contributed by atoms with Gasteiger partial charge in [-0.1, -0.05) is 13.8 Å². The number of carboxylic acid groups (broad SMARTS) is 2. The summed E-state index contributed by atoms with van der Waals surface area (Å²) in [6.07, 6.45) is 0.251. The van der Waals surface area contributed by atoms with Crippen LogP contribution in [0.2, 0.25) is 0 Å². The van der Waals surface area contributed by atoms with E-state index in [2.05, 4.69) is 0 Å². The first-order chi connectivity index (χ1) is 14.8. The first-order valence-corrected chi connectivity index (χ1v) is 11.2. The van der Waals surface area contributed by atoms with Crippen molar-refractivity contribution in [1.82, 2.24) is 0 Å². The molecule has 0 aliphatic rings. The van der Waals surface area contributed by atoms with E-state index in [4.69, 9.17) is 29.9 Å². The topological polar surface area (TPSA) is 174 Å². The fourth-order valence-corrected chi connectivity index (χ4v) is 2.02. The van der Waals surface area contributed by atoms with E-state index in [9.17, 15) is 19.8 Å². The van der Waals surface area contributed by atoms with E-state index in [0.29, 0.717) is 25.7 Å². The van der Waals surface area contributed by atoms with E-state index in [1.165, 1.54) is 0 Å². The van der Waals surface area contributed by atoms with Gasteiger partial charge in [-0.25, -0.2) is 0 Å². The Morgan fingerprint density at radius 1 is 0.656 bits per heavy atom. The van der Waals surface area contributed by atoms with Gasteiger partial charge in [0.2, 0.25) is 0 Å². The summed E-state index contributed by atoms with van der Waals surface area (Å²) in [6.45, 7) is 11.3. The zero-order valence-electron chi connectivity index (χ0n) is 20.4. The van der Waals surface area contributed by atoms with Gasteiger partial charge in [0.1, 0.15) is 0 Å². The second-order valence-electron chi connectivity index (χ2n) is 7.72. The number of carbonyl (C=O) groups is 2. The summed E-state index contributed by atoms with van der Waals surface area (Å²) in [6, 6.07) is 0. The lowest BCUT2D eigenvalue weighted by molar-refractivity contribution is -0.139. The molecule has 0 rings (SSSR count). The molecule has 32 heavy (non-hydrogen) atoms. The maximum atomic E-state index is 9.90. The summed E-state index contributed by atoms with van der Waals surface area (Å²) in [5.74, 6) is -1.74. The zero-order chi connectivity index (χ0) is 25.7. The lowest BCUT2D eigenvalue weighted by atomic mass is 10.2. The molecule has 0 aromatic carbocycles. The quantitative estimate of drug-likeness (QED) is 0.194. The number of hydrogen-bond acceptors (Lipinski definition) is 8. The summed E-state index contributed by atoms with van der Waals surface area (Å²) in [5.41, 5.74) is 0. The van der Waals surface area contributed by atoms with Gasteiger partial charge in [-0.3, -0.25) is 9.59 Å². The smallest absolute Gasteiger partial charge is 0.303 e. The average molecular weight is 471 g/mol. The van der Waals surface area contributed by atoms with Gasteiger partial charge in [0.15, 0.2) is 0 Å². The lowest BCUT2D eigenvalue weighted by Gasteiger charge is -2.18. The van der Waals surface area contributed by atoms with Crippen LogP contribution in [0.15, 0.2) is 0 Å². The van der Waals surface area contributed by atoms with Crippen LogP contribution in [0.25, 0.3) is 0 Å². The number of rotatable bonds is 15. The largest absolute Gasteiger partial charge is 0.481 e. The molecule has 0 aromatic rings. The second kappa shape index (κ2) is 22.9. The van der Waals surface area contributed by atoms with Gasteiger partial charge in [0.05, 0.1) is 49.8 Å². The second-order valence-corrected chi connectivity index (χ2v) is 7.72. The van der Waals surface area contributed by atoms with Crippen LogP contribution in [0.3, 0.4) is 0 Å². The SMILES string of the molecule is CCC(O)C(C)OCC(C)O.CCC(O)C(C)OCC(C)O.O=C(O)CCCCC(=O)O. The minimum Gasteiger partial charge on any atom is -0.481 e. The fourth-order valence-electron chi connectivity index (χ4n) is 2.02. The van der Waals surface area contributed by atoms with Gasteiger partial charge in [0.25, 0.3) is 0 Å². The molecule has 6 N–H and O–H groups in total. The average Bonchev–Trinajstić information content (AvgIpc) is 2.72. The Balaban J connectivity index is -0.000000395. The highest BCUT2D eigenvalue weighted by Crippen LogP contribution is 2.03. The van der Waals surface area contributed by atoms with Gasteiger partial charge in [-0.2, -0.15) is 0 Å². The number of carboxylic acids is 2. The molecule has 0 saturated carbocycles. The maximum Gasteiger partial charge on any atom is 0.303 e. The van der Waals surface area contributed by atoms with Crippen LogP contribution in [-0.2, 0) is 19.1 Å². The number of hydrogen-bond donors (Lipinski definition) is 6. The van der Waals surface area contributed by atoms with Crippen LogP contribution in [0.5, 0.6) is 0 Å². The first-order valence-electron chi connectivity index (χ1n) is 11.2. The summed E-state index contributed by atoms with van der Waals surface area (Å²) in [5, 5.41) is 52.4. The molecule has 6 atom stereocenters. The number of aliphatic hydroxyl groups is 4. The first kappa shape index (κ1) is 35.3. The predicted molar refractivity (Wildman–Crippen MR) is 121 cm³/mol. The van der Waals surface area contributed by atoms with Crippen molar-refractivity contribution < 1.29 is 49.7 Å². The summed E-state index contributed by atoms with van der Waals surface area (Å²) in [7, 11) is 0. The third-order valence-electron chi connectivity index (χ3n) is 4.15. The Morgan fingerprint density at radius 3 is 1.12 bits per heavy atom. The van der Waals surface area contributed by atoms with Crippen molar-refractivity contribution >= 4 is 11.9 Å². The van der Waals surface area contributed by atoms with Crippen LogP contribution in [-0.4, -0.2) is 92.4 Å². The maximum absolute atomic E-state index is 9.90. The van der Waals surface area contributed by atoms with E-state index in [1.54, 1.807) is 27.7 Å². The van der Waals surface area contributed by atoms with Crippen molar-refractivity contribution in [1.29, 1.82) is 0 Å². The summed E-state index contributed by atoms with van der Waals surface area (Å²) < 4.78 is 10.3. The molecule has 10 heteroatoms. The molecule has 194 valence electrons. The van der Waals surface area contributed by atoms with Gasteiger partial charge < -0.3 is 40.1 Å². The van der Waals surface area contributed by atoms with E-state index in [1.807, 2.05) is 13.8 Å². The van der Waals surface area contributed by atoms with E-state index in [0.717, 1.165) is 0 Å². The molecule has 6 unspecified atom stereocenters. The minimum absolute atomic E-state index is 0.0628. The molecule has 0 fully saturated rings. The third-order valence-corrected chi connectivity index (χ3v) is 4.15. The monoisotopic (exact) mass is 470 g/mol. The molecule has 0 aliphatic heterocycles. The number of aliphatic hydroxyl groups excluding tert-OH is 4. The van der Waals surface area contributed by atoms with Crippen LogP contribution in [0.4, 0.5) is 0 Å². The van der Waals surface area contributed by atoms with Crippen molar-refractivity contribution in [3.05, 3.63) is 0 Å². The molecule has 0 spiro atoms. The Bertz CT molecular complexity index is 402. The third kappa shape index (κ3) is 28.7. The Kier molecular flexibility index (Phi) is 25.2. The van der Waals surface area contributed by atoms with E-state index >= 15 is 0 Å². The highest BCUT2D eigenvalue weighted by Gasteiger charge is 2.13. The van der Waals surface area contributed by atoms with Crippen LogP contribution < -0.4 is 0 Å². The predicted octanol–water partition coefficient (Wildman–Crippen LogP) is 1.80. The minimum atomic E-state index is -0.870. The Hall–Kier alpha value is -1.30. The van der Waals surface area contributed by atoms with E-state index < -0.39 is 36.4 Å². The van der Waals surface area contributed by atoms with Crippen molar-refractivity contribution in [2.24, 2.45) is 0 Å². The van der Waals surface area contributed by atoms with Crippen LogP contribution >= 0.6 is 0 Å². The molecule has 0 amide bonds. The van der Waals surface area contributed by atoms with Gasteiger partial charge in [-0.15, -0.1) is 0 Å². The van der Waals surface area contributed by atoms with Crippen molar-refractivity contribution in [3.8, 4) is 0 Å². The molecule has 0 bridgehead atoms. The molecule has 0 saturated heterocycles. The Morgan fingerprint density at radius 2 is 0.938 bits per heavy atom. The molecule has 0 heterocycles. The molecule has 0 radical (unpaired) electrons. The number of ether oxygens (including phenoxy) is 2. The molecular weight excluding hydrogens is 424 g/mol. The van der Waals surface area contributed by atoms with Gasteiger partial charge in [0, 0.05) is 12.8 Å². The van der Waals surface area contributed by atoms with Gasteiger partial charge >= 0.3 is 11.9 Å². The van der Waals surface area contributed by atoms with Crippen molar-refractivity contribution in [3.63, 3.8) is 0 Å². The Labute approximate surface area is 192 Å². The normalized spacial score (nSPS) is 16.2. The molecule has 0 aromatic heterocycles. The number of aliphatic carboxylic acids is 2. The zero-order valence-corrected chi connectivity index (χ0v) is 20.4. The standard InChI is InChI=1S/2C8H18O3.C6H10O4/c2*1-4-8(10)7(3)11-5-6(2)9;7-5(8)3-1-2-4-6(9)10/h2*6-10H,4-5H2,1-3H3;1-4H2,(H,7,8)(H,9,10). The fraction of sp³-hybridized carbons (Fsp3) is 0.909. The van der Waals surface area contributed by atoms with Crippen LogP contribution in [0, 0.1) is 0 Å². The van der Waals surface area contributed by atoms with Crippen molar-refractivity contribution in [2.45, 2.75) is 117 Å². The molecular formula is C22H46O10. The highest BCUT2D eigenvalue weighted by atomic mass is 16.5. The summed E-state index contributed by atoms with van der Waals surface area (Å²) in [4.78, 5) is 19.8. The van der Waals surface area contributed by atoms with Crippen LogP contribution in [0.1, 0.15) is 80.1 Å². The molecule has 0 aliphatic carbocycles. The lowest BCUT2D eigenvalue weighted by Crippen LogP contribution is -2.28.